The lowest BCUT2D eigenvalue weighted by atomic mass is 9.95. The standard InChI is InChI=1S/C20H22N2O3S/c1-3-14-21-20(23)19-18(15-10-6-5-7-11-15)16-12-8-9-13-17(16)22(4-2)26(19,24)25/h5-13H,3-4,14H2,1-2H3,(H,21,23). The molecule has 1 N–H and O–H groups in total. The summed E-state index contributed by atoms with van der Waals surface area (Å²) in [6.45, 7) is 4.37. The summed E-state index contributed by atoms with van der Waals surface area (Å²) in [4.78, 5) is 12.7. The monoisotopic (exact) mass is 370 g/mol. The maximum Gasteiger partial charge on any atom is 0.270 e. The summed E-state index contributed by atoms with van der Waals surface area (Å²) >= 11 is 0. The summed E-state index contributed by atoms with van der Waals surface area (Å²) < 4.78 is 27.9. The topological polar surface area (TPSA) is 66.5 Å². The van der Waals surface area contributed by atoms with Crippen LogP contribution in [0.3, 0.4) is 0 Å². The van der Waals surface area contributed by atoms with Gasteiger partial charge in [0, 0.05) is 24.2 Å². The number of para-hydroxylation sites is 1. The molecule has 0 saturated carbocycles. The van der Waals surface area contributed by atoms with Gasteiger partial charge in [0.1, 0.15) is 0 Å². The van der Waals surface area contributed by atoms with Crippen molar-refractivity contribution in [3.63, 3.8) is 0 Å². The number of carbonyl (C=O) groups is 1. The number of amides is 1. The predicted molar refractivity (Wildman–Crippen MR) is 104 cm³/mol. The Labute approximate surface area is 154 Å². The molecule has 1 aliphatic heterocycles. The van der Waals surface area contributed by atoms with E-state index in [1.54, 1.807) is 13.0 Å². The maximum atomic E-state index is 13.3. The van der Waals surface area contributed by atoms with Gasteiger partial charge in [0.15, 0.2) is 4.91 Å². The molecule has 1 amide bonds. The SMILES string of the molecule is CCCNC(=O)C1=C(c2ccccc2)c2ccccc2N(CC)S1(=O)=O. The van der Waals surface area contributed by atoms with Gasteiger partial charge in [0.25, 0.3) is 15.9 Å². The first kappa shape index (κ1) is 18.2. The molecule has 0 bridgehead atoms. The van der Waals surface area contributed by atoms with E-state index in [9.17, 15) is 13.2 Å². The van der Waals surface area contributed by atoms with Crippen molar-refractivity contribution in [3.05, 3.63) is 70.6 Å². The third-order valence-corrected chi connectivity index (χ3v) is 6.25. The third kappa shape index (κ3) is 3.01. The van der Waals surface area contributed by atoms with Crippen LogP contribution in [0.15, 0.2) is 59.5 Å². The smallest absolute Gasteiger partial charge is 0.270 e. The van der Waals surface area contributed by atoms with Gasteiger partial charge < -0.3 is 5.32 Å². The summed E-state index contributed by atoms with van der Waals surface area (Å²) in [7, 11) is -3.95. The van der Waals surface area contributed by atoms with Crippen molar-refractivity contribution < 1.29 is 13.2 Å². The van der Waals surface area contributed by atoms with Gasteiger partial charge >= 0.3 is 0 Å². The van der Waals surface area contributed by atoms with E-state index in [0.717, 1.165) is 12.0 Å². The Kier molecular flexibility index (Phi) is 5.13. The van der Waals surface area contributed by atoms with Crippen LogP contribution >= 0.6 is 0 Å². The van der Waals surface area contributed by atoms with E-state index in [2.05, 4.69) is 5.32 Å². The van der Waals surface area contributed by atoms with Gasteiger partial charge in [-0.3, -0.25) is 9.10 Å². The molecular formula is C20H22N2O3S. The highest BCUT2D eigenvalue weighted by Gasteiger charge is 2.40. The second kappa shape index (κ2) is 7.33. The normalized spacial score (nSPS) is 15.5. The number of nitrogens with one attached hydrogen (secondary N) is 1. The van der Waals surface area contributed by atoms with Crippen LogP contribution in [0.1, 0.15) is 31.4 Å². The van der Waals surface area contributed by atoms with Crippen molar-refractivity contribution in [2.45, 2.75) is 20.3 Å². The van der Waals surface area contributed by atoms with Crippen LogP contribution in [-0.4, -0.2) is 27.4 Å². The number of nitrogens with zero attached hydrogens (tertiary/aromatic N) is 1. The lowest BCUT2D eigenvalue weighted by Gasteiger charge is -2.32. The first-order valence-corrected chi connectivity index (χ1v) is 10.2. The summed E-state index contributed by atoms with van der Waals surface area (Å²) in [5.74, 6) is -0.557. The number of fused-ring (bicyclic) bond motifs is 1. The molecule has 0 unspecified atom stereocenters. The Morgan fingerprint density at radius 3 is 2.31 bits per heavy atom. The van der Waals surface area contributed by atoms with E-state index in [1.165, 1.54) is 4.31 Å². The minimum Gasteiger partial charge on any atom is -0.351 e. The highest BCUT2D eigenvalue weighted by molar-refractivity contribution is 7.97. The Hall–Kier alpha value is -2.60. The fourth-order valence-corrected chi connectivity index (χ4v) is 4.95. The van der Waals surface area contributed by atoms with Gasteiger partial charge in [-0.25, -0.2) is 8.42 Å². The van der Waals surface area contributed by atoms with Gasteiger partial charge in [-0.1, -0.05) is 55.5 Å². The highest BCUT2D eigenvalue weighted by Crippen LogP contribution is 2.42. The molecule has 1 heterocycles. The van der Waals surface area contributed by atoms with Crippen LogP contribution in [-0.2, 0) is 14.8 Å². The molecule has 0 fully saturated rings. The summed E-state index contributed by atoms with van der Waals surface area (Å²) in [5, 5.41) is 2.73. The van der Waals surface area contributed by atoms with E-state index in [-0.39, 0.29) is 11.4 Å². The van der Waals surface area contributed by atoms with Crippen LogP contribution in [0.25, 0.3) is 5.57 Å². The molecule has 0 aliphatic carbocycles. The third-order valence-electron chi connectivity index (χ3n) is 4.31. The van der Waals surface area contributed by atoms with Gasteiger partial charge in [0.2, 0.25) is 0 Å². The van der Waals surface area contributed by atoms with Crippen molar-refractivity contribution in [3.8, 4) is 0 Å². The number of sulfonamides is 1. The van der Waals surface area contributed by atoms with Gasteiger partial charge in [-0.05, 0) is 25.0 Å². The van der Waals surface area contributed by atoms with Gasteiger partial charge in [0.05, 0.1) is 5.69 Å². The number of benzene rings is 2. The molecule has 3 rings (SSSR count). The van der Waals surface area contributed by atoms with Crippen LogP contribution in [0.5, 0.6) is 0 Å². The number of rotatable bonds is 5. The van der Waals surface area contributed by atoms with E-state index < -0.39 is 15.9 Å². The quantitative estimate of drug-likeness (QED) is 0.879. The van der Waals surface area contributed by atoms with Crippen molar-refractivity contribution in [1.29, 1.82) is 0 Å². The Bertz CT molecular complexity index is 950. The van der Waals surface area contributed by atoms with Crippen LogP contribution in [0, 0.1) is 0 Å². The van der Waals surface area contributed by atoms with Crippen molar-refractivity contribution in [2.24, 2.45) is 0 Å². The van der Waals surface area contributed by atoms with E-state index in [4.69, 9.17) is 0 Å². The van der Waals surface area contributed by atoms with Gasteiger partial charge in [-0.15, -0.1) is 0 Å². The van der Waals surface area contributed by atoms with Crippen molar-refractivity contribution in [2.75, 3.05) is 17.4 Å². The lowest BCUT2D eigenvalue weighted by molar-refractivity contribution is -0.116. The molecule has 6 heteroatoms. The summed E-state index contributed by atoms with van der Waals surface area (Å²) in [5.41, 5.74) is 2.51. The molecule has 26 heavy (non-hydrogen) atoms. The molecule has 0 spiro atoms. The van der Waals surface area contributed by atoms with E-state index in [0.29, 0.717) is 23.4 Å². The summed E-state index contributed by atoms with van der Waals surface area (Å²) in [6, 6.07) is 16.5. The fourth-order valence-electron chi connectivity index (χ4n) is 3.17. The second-order valence-electron chi connectivity index (χ2n) is 6.01. The first-order valence-electron chi connectivity index (χ1n) is 8.72. The Morgan fingerprint density at radius 2 is 1.65 bits per heavy atom. The van der Waals surface area contributed by atoms with Crippen molar-refractivity contribution >= 4 is 27.2 Å². The fraction of sp³-hybridized carbons (Fsp3) is 0.250. The number of anilines is 1. The number of hydrogen-bond acceptors (Lipinski definition) is 3. The zero-order chi connectivity index (χ0) is 18.7. The Balaban J connectivity index is 2.36. The van der Waals surface area contributed by atoms with Crippen LogP contribution in [0.4, 0.5) is 5.69 Å². The molecule has 2 aromatic carbocycles. The number of hydrogen-bond donors (Lipinski definition) is 1. The van der Waals surface area contributed by atoms with Crippen LogP contribution < -0.4 is 9.62 Å². The van der Waals surface area contributed by atoms with E-state index in [1.807, 2.05) is 55.5 Å². The Morgan fingerprint density at radius 1 is 1.00 bits per heavy atom. The highest BCUT2D eigenvalue weighted by atomic mass is 32.2. The minimum atomic E-state index is -3.95. The van der Waals surface area contributed by atoms with Gasteiger partial charge in [-0.2, -0.15) is 0 Å². The number of carbonyl (C=O) groups excluding carboxylic acids is 1. The molecular weight excluding hydrogens is 348 g/mol. The molecule has 2 aromatic rings. The summed E-state index contributed by atoms with van der Waals surface area (Å²) in [6.07, 6.45) is 0.730. The van der Waals surface area contributed by atoms with Crippen LogP contribution in [0.2, 0.25) is 0 Å². The molecule has 0 saturated heterocycles. The van der Waals surface area contributed by atoms with E-state index >= 15 is 0 Å². The largest absolute Gasteiger partial charge is 0.351 e. The molecule has 0 radical (unpaired) electrons. The minimum absolute atomic E-state index is 0.183. The second-order valence-corrected chi connectivity index (χ2v) is 7.81. The molecule has 5 nitrogen and oxygen atoms in total. The molecule has 136 valence electrons. The first-order chi connectivity index (χ1) is 12.5. The average Bonchev–Trinajstić information content (AvgIpc) is 2.65. The lowest BCUT2D eigenvalue weighted by Crippen LogP contribution is -2.41. The zero-order valence-electron chi connectivity index (χ0n) is 14.9. The van der Waals surface area contributed by atoms with Crippen molar-refractivity contribution in [1.82, 2.24) is 5.32 Å². The zero-order valence-corrected chi connectivity index (χ0v) is 15.7. The maximum absolute atomic E-state index is 13.3. The molecule has 0 aromatic heterocycles. The molecule has 0 atom stereocenters. The average molecular weight is 370 g/mol. The predicted octanol–water partition coefficient (Wildman–Crippen LogP) is 3.14. The molecule has 1 aliphatic rings.